The van der Waals surface area contributed by atoms with Crippen molar-refractivity contribution in [2.24, 2.45) is 0 Å². The average molecular weight is 434 g/mol. The van der Waals surface area contributed by atoms with E-state index >= 15 is 0 Å². The number of hydrogen-bond donors (Lipinski definition) is 0. The second kappa shape index (κ2) is 9.91. The number of nitrogens with zero attached hydrogens (tertiary/aromatic N) is 3. The Bertz CT molecular complexity index is 916. The maximum absolute atomic E-state index is 13.8. The molecule has 30 heavy (non-hydrogen) atoms. The minimum absolute atomic E-state index is 0.0582. The number of carbonyl (C=O) groups excluding carboxylic acids is 2. The van der Waals surface area contributed by atoms with Crippen LogP contribution in [0.15, 0.2) is 42.5 Å². The van der Waals surface area contributed by atoms with E-state index in [2.05, 4.69) is 0 Å². The highest BCUT2D eigenvalue weighted by Crippen LogP contribution is 2.19. The van der Waals surface area contributed by atoms with E-state index in [-0.39, 0.29) is 24.1 Å². The standard InChI is InChI=1S/C22H25ClFN3O3/c1-25(14-16-7-8-20(30-2)19(24)13-16)21(28)15-26-9-11-27(12-10-26)22(29)17-5-3-4-6-18(17)23/h3-8,13H,9-12,14-15H2,1-2H3. The maximum atomic E-state index is 13.8. The molecule has 1 aliphatic rings. The Balaban J connectivity index is 1.49. The van der Waals surface area contributed by atoms with Gasteiger partial charge >= 0.3 is 0 Å². The van der Waals surface area contributed by atoms with Gasteiger partial charge in [-0.25, -0.2) is 4.39 Å². The molecule has 0 aliphatic carbocycles. The van der Waals surface area contributed by atoms with Crippen molar-refractivity contribution in [1.82, 2.24) is 14.7 Å². The zero-order chi connectivity index (χ0) is 21.7. The highest BCUT2D eigenvalue weighted by molar-refractivity contribution is 6.33. The number of rotatable bonds is 6. The molecule has 1 saturated heterocycles. The van der Waals surface area contributed by atoms with Crippen molar-refractivity contribution in [2.75, 3.05) is 46.9 Å². The van der Waals surface area contributed by atoms with Crippen LogP contribution in [0.4, 0.5) is 4.39 Å². The fourth-order valence-electron chi connectivity index (χ4n) is 3.40. The Morgan fingerprint density at radius 3 is 2.47 bits per heavy atom. The summed E-state index contributed by atoms with van der Waals surface area (Å²) in [7, 11) is 3.11. The van der Waals surface area contributed by atoms with Crippen LogP contribution in [0.5, 0.6) is 5.75 Å². The predicted molar refractivity (Wildman–Crippen MR) is 113 cm³/mol. The minimum atomic E-state index is -0.449. The van der Waals surface area contributed by atoms with Crippen molar-refractivity contribution in [3.63, 3.8) is 0 Å². The number of carbonyl (C=O) groups is 2. The lowest BCUT2D eigenvalue weighted by Crippen LogP contribution is -2.51. The first kappa shape index (κ1) is 22.1. The fourth-order valence-corrected chi connectivity index (χ4v) is 3.61. The second-order valence-corrected chi connectivity index (χ2v) is 7.67. The smallest absolute Gasteiger partial charge is 0.255 e. The largest absolute Gasteiger partial charge is 0.494 e. The first-order valence-corrected chi connectivity index (χ1v) is 10.1. The molecule has 0 bridgehead atoms. The molecule has 0 radical (unpaired) electrons. The summed E-state index contributed by atoms with van der Waals surface area (Å²) < 4.78 is 18.8. The summed E-state index contributed by atoms with van der Waals surface area (Å²) in [6.45, 7) is 2.84. The van der Waals surface area contributed by atoms with E-state index in [4.69, 9.17) is 16.3 Å². The molecular formula is C22H25ClFN3O3. The van der Waals surface area contributed by atoms with Gasteiger partial charge in [-0.15, -0.1) is 0 Å². The SMILES string of the molecule is COc1ccc(CN(C)C(=O)CN2CCN(C(=O)c3ccccc3Cl)CC2)cc1F. The third-order valence-corrected chi connectivity index (χ3v) is 5.51. The summed E-state index contributed by atoms with van der Waals surface area (Å²) in [6.07, 6.45) is 0. The summed E-state index contributed by atoms with van der Waals surface area (Å²) in [5.74, 6) is -0.422. The van der Waals surface area contributed by atoms with E-state index in [0.29, 0.717) is 48.9 Å². The van der Waals surface area contributed by atoms with Crippen LogP contribution in [-0.4, -0.2) is 73.4 Å². The van der Waals surface area contributed by atoms with Crippen molar-refractivity contribution in [1.29, 1.82) is 0 Å². The molecular weight excluding hydrogens is 409 g/mol. The molecule has 0 spiro atoms. The molecule has 2 aromatic carbocycles. The maximum Gasteiger partial charge on any atom is 0.255 e. The predicted octanol–water partition coefficient (Wildman–Crippen LogP) is 2.90. The monoisotopic (exact) mass is 433 g/mol. The molecule has 1 aliphatic heterocycles. The van der Waals surface area contributed by atoms with Gasteiger partial charge in [-0.3, -0.25) is 14.5 Å². The van der Waals surface area contributed by atoms with Gasteiger partial charge in [0.25, 0.3) is 5.91 Å². The molecule has 1 heterocycles. The summed E-state index contributed by atoms with van der Waals surface area (Å²) >= 11 is 6.13. The zero-order valence-electron chi connectivity index (χ0n) is 17.1. The molecule has 0 aromatic heterocycles. The highest BCUT2D eigenvalue weighted by Gasteiger charge is 2.25. The average Bonchev–Trinajstić information content (AvgIpc) is 2.74. The first-order valence-electron chi connectivity index (χ1n) is 9.71. The van der Waals surface area contributed by atoms with E-state index < -0.39 is 5.82 Å². The lowest BCUT2D eigenvalue weighted by Gasteiger charge is -2.35. The number of piperazine rings is 1. The van der Waals surface area contributed by atoms with E-state index in [1.165, 1.54) is 13.2 Å². The van der Waals surface area contributed by atoms with Crippen molar-refractivity contribution in [3.8, 4) is 5.75 Å². The molecule has 8 heteroatoms. The van der Waals surface area contributed by atoms with Crippen LogP contribution >= 0.6 is 11.6 Å². The molecule has 2 aromatic rings. The van der Waals surface area contributed by atoms with Crippen LogP contribution < -0.4 is 4.74 Å². The Labute approximate surface area is 180 Å². The van der Waals surface area contributed by atoms with E-state index in [9.17, 15) is 14.0 Å². The molecule has 0 atom stereocenters. The molecule has 0 unspecified atom stereocenters. The molecule has 0 saturated carbocycles. The van der Waals surface area contributed by atoms with E-state index in [1.54, 1.807) is 53.2 Å². The van der Waals surface area contributed by atoms with Gasteiger partial charge in [0.15, 0.2) is 11.6 Å². The number of benzene rings is 2. The Morgan fingerprint density at radius 2 is 1.83 bits per heavy atom. The van der Waals surface area contributed by atoms with Crippen LogP contribution in [0.1, 0.15) is 15.9 Å². The van der Waals surface area contributed by atoms with Gasteiger partial charge in [-0.05, 0) is 29.8 Å². The second-order valence-electron chi connectivity index (χ2n) is 7.27. The summed E-state index contributed by atoms with van der Waals surface area (Å²) in [5, 5.41) is 0.441. The molecule has 2 amide bonds. The van der Waals surface area contributed by atoms with E-state index in [0.717, 1.165) is 0 Å². The molecule has 1 fully saturated rings. The lowest BCUT2D eigenvalue weighted by atomic mass is 10.1. The van der Waals surface area contributed by atoms with Crippen LogP contribution in [0.25, 0.3) is 0 Å². The minimum Gasteiger partial charge on any atom is -0.494 e. The zero-order valence-corrected chi connectivity index (χ0v) is 17.9. The number of amides is 2. The van der Waals surface area contributed by atoms with Crippen molar-refractivity contribution < 1.29 is 18.7 Å². The van der Waals surface area contributed by atoms with Crippen molar-refractivity contribution in [3.05, 3.63) is 64.4 Å². The normalized spacial score (nSPS) is 14.5. The lowest BCUT2D eigenvalue weighted by molar-refractivity contribution is -0.132. The Kier molecular flexibility index (Phi) is 7.29. The van der Waals surface area contributed by atoms with Gasteiger partial charge in [0.05, 0.1) is 24.2 Å². The molecule has 6 nitrogen and oxygen atoms in total. The molecule has 3 rings (SSSR count). The third kappa shape index (κ3) is 5.29. The molecule has 160 valence electrons. The molecule has 0 N–H and O–H groups in total. The van der Waals surface area contributed by atoms with Gasteiger partial charge in [0.2, 0.25) is 5.91 Å². The van der Waals surface area contributed by atoms with Gasteiger partial charge < -0.3 is 14.5 Å². The third-order valence-electron chi connectivity index (χ3n) is 5.18. The van der Waals surface area contributed by atoms with Crippen LogP contribution in [0, 0.1) is 5.82 Å². The fraction of sp³-hybridized carbons (Fsp3) is 0.364. The van der Waals surface area contributed by atoms with Gasteiger partial charge in [-0.2, -0.15) is 0 Å². The highest BCUT2D eigenvalue weighted by atomic mass is 35.5. The Hall–Kier alpha value is -2.64. The first-order chi connectivity index (χ1) is 14.4. The number of likely N-dealkylation sites (N-methyl/N-ethyl adjacent to an activating group) is 1. The van der Waals surface area contributed by atoms with Gasteiger partial charge in [0.1, 0.15) is 0 Å². The van der Waals surface area contributed by atoms with Crippen LogP contribution in [0.2, 0.25) is 5.02 Å². The summed E-state index contributed by atoms with van der Waals surface area (Å²) in [5.41, 5.74) is 1.19. The van der Waals surface area contributed by atoms with Crippen molar-refractivity contribution in [2.45, 2.75) is 6.54 Å². The number of ether oxygens (including phenoxy) is 1. The summed E-state index contributed by atoms with van der Waals surface area (Å²) in [4.78, 5) is 30.6. The van der Waals surface area contributed by atoms with Gasteiger partial charge in [-0.1, -0.05) is 29.8 Å². The summed E-state index contributed by atoms with van der Waals surface area (Å²) in [6, 6.07) is 11.7. The van der Waals surface area contributed by atoms with Crippen LogP contribution in [-0.2, 0) is 11.3 Å². The number of halogens is 2. The number of hydrogen-bond acceptors (Lipinski definition) is 4. The topological polar surface area (TPSA) is 53.1 Å². The Morgan fingerprint density at radius 1 is 1.13 bits per heavy atom. The number of methoxy groups -OCH3 is 1. The van der Waals surface area contributed by atoms with Crippen molar-refractivity contribution >= 4 is 23.4 Å². The quantitative estimate of drug-likeness (QED) is 0.703. The van der Waals surface area contributed by atoms with Crippen LogP contribution in [0.3, 0.4) is 0 Å². The van der Waals surface area contributed by atoms with Gasteiger partial charge in [0, 0.05) is 39.8 Å². The van der Waals surface area contributed by atoms with E-state index in [1.807, 2.05) is 4.90 Å².